The van der Waals surface area contributed by atoms with Crippen LogP contribution >= 0.6 is 0 Å². The number of aliphatic hydroxyl groups is 2. The molecule has 20 heavy (non-hydrogen) atoms. The molecule has 1 aliphatic carbocycles. The SMILES string of the molecule is CCC1(CC)C(O)=C(C(C)=O)C(O)=C(C(C)=O)C1C=O. The third kappa shape index (κ3) is 2.07. The standard InChI is InChI=1S/C15H20O5/c1-5-15(6-2)10(7-16)11(8(3)17)13(19)12(9(4)18)14(15)20/h7,10,19-20H,5-6H2,1-4H3. The third-order valence-corrected chi connectivity index (χ3v) is 4.24. The van der Waals surface area contributed by atoms with E-state index in [9.17, 15) is 24.6 Å². The Bertz CT molecular complexity index is 520. The molecule has 0 aromatic rings. The molecule has 0 saturated carbocycles. The Morgan fingerprint density at radius 3 is 1.95 bits per heavy atom. The Hall–Kier alpha value is -1.91. The molecule has 0 spiro atoms. The minimum Gasteiger partial charge on any atom is -0.511 e. The van der Waals surface area contributed by atoms with E-state index < -0.39 is 28.7 Å². The molecule has 0 saturated heterocycles. The maximum atomic E-state index is 11.8. The van der Waals surface area contributed by atoms with Crippen LogP contribution in [-0.2, 0) is 14.4 Å². The molecule has 0 amide bonds. The fourth-order valence-corrected chi connectivity index (χ4v) is 3.01. The monoisotopic (exact) mass is 280 g/mol. The van der Waals surface area contributed by atoms with Gasteiger partial charge in [0, 0.05) is 11.0 Å². The molecule has 1 unspecified atom stereocenters. The Kier molecular flexibility index (Phi) is 4.53. The van der Waals surface area contributed by atoms with Crippen molar-refractivity contribution < 1.29 is 24.6 Å². The zero-order valence-electron chi connectivity index (χ0n) is 12.2. The van der Waals surface area contributed by atoms with E-state index >= 15 is 0 Å². The number of ketones is 2. The van der Waals surface area contributed by atoms with E-state index in [1.165, 1.54) is 13.8 Å². The lowest BCUT2D eigenvalue weighted by Crippen LogP contribution is -2.41. The minimum atomic E-state index is -1.02. The molecule has 0 aromatic carbocycles. The molecule has 0 radical (unpaired) electrons. The first-order valence-corrected chi connectivity index (χ1v) is 6.62. The van der Waals surface area contributed by atoms with Gasteiger partial charge in [-0.1, -0.05) is 13.8 Å². The molecule has 0 fully saturated rings. The second kappa shape index (κ2) is 5.61. The fourth-order valence-electron chi connectivity index (χ4n) is 3.01. The fraction of sp³-hybridized carbons (Fsp3) is 0.533. The van der Waals surface area contributed by atoms with Crippen LogP contribution in [0.4, 0.5) is 0 Å². The van der Waals surface area contributed by atoms with Gasteiger partial charge in [-0.15, -0.1) is 0 Å². The van der Waals surface area contributed by atoms with Crippen LogP contribution < -0.4 is 0 Å². The summed E-state index contributed by atoms with van der Waals surface area (Å²) in [5.74, 6) is -2.82. The van der Waals surface area contributed by atoms with Crippen molar-refractivity contribution in [1.29, 1.82) is 0 Å². The van der Waals surface area contributed by atoms with Gasteiger partial charge in [-0.25, -0.2) is 0 Å². The highest BCUT2D eigenvalue weighted by molar-refractivity contribution is 6.05. The summed E-state index contributed by atoms with van der Waals surface area (Å²) in [6.07, 6.45) is 1.31. The summed E-state index contributed by atoms with van der Waals surface area (Å²) in [6, 6.07) is 0. The molecular weight excluding hydrogens is 260 g/mol. The Balaban J connectivity index is 3.79. The summed E-state index contributed by atoms with van der Waals surface area (Å²) in [5.41, 5.74) is -1.36. The van der Waals surface area contributed by atoms with Crippen molar-refractivity contribution in [3.63, 3.8) is 0 Å². The van der Waals surface area contributed by atoms with Crippen molar-refractivity contribution in [2.45, 2.75) is 40.5 Å². The maximum Gasteiger partial charge on any atom is 0.166 e. The Morgan fingerprint density at radius 2 is 1.65 bits per heavy atom. The first-order chi connectivity index (χ1) is 9.28. The molecule has 0 heterocycles. The number of aldehydes is 1. The highest BCUT2D eigenvalue weighted by atomic mass is 16.3. The van der Waals surface area contributed by atoms with Gasteiger partial charge in [0.15, 0.2) is 11.6 Å². The lowest BCUT2D eigenvalue weighted by Gasteiger charge is -2.41. The highest BCUT2D eigenvalue weighted by Gasteiger charge is 2.49. The highest BCUT2D eigenvalue weighted by Crippen LogP contribution is 2.50. The molecule has 0 aliphatic heterocycles. The van der Waals surface area contributed by atoms with Gasteiger partial charge < -0.3 is 15.0 Å². The number of Topliss-reactive ketones (excluding diaryl/α,β-unsaturated/α-hetero) is 2. The largest absolute Gasteiger partial charge is 0.511 e. The molecule has 110 valence electrons. The average Bonchev–Trinajstić information content (AvgIpc) is 2.37. The van der Waals surface area contributed by atoms with Gasteiger partial charge in [-0.2, -0.15) is 0 Å². The lowest BCUT2D eigenvalue weighted by atomic mass is 9.62. The van der Waals surface area contributed by atoms with Gasteiger partial charge in [-0.05, 0) is 26.7 Å². The second-order valence-electron chi connectivity index (χ2n) is 5.08. The van der Waals surface area contributed by atoms with E-state index in [-0.39, 0.29) is 16.9 Å². The number of hydrogen-bond donors (Lipinski definition) is 2. The van der Waals surface area contributed by atoms with Gasteiger partial charge in [0.2, 0.25) is 0 Å². The van der Waals surface area contributed by atoms with Gasteiger partial charge in [0.1, 0.15) is 17.8 Å². The van der Waals surface area contributed by atoms with Crippen LogP contribution in [0.15, 0.2) is 22.7 Å². The minimum absolute atomic E-state index is 0.0910. The van der Waals surface area contributed by atoms with Crippen LogP contribution in [0.5, 0.6) is 0 Å². The van der Waals surface area contributed by atoms with Crippen molar-refractivity contribution in [2.75, 3.05) is 0 Å². The van der Waals surface area contributed by atoms with Gasteiger partial charge >= 0.3 is 0 Å². The first-order valence-electron chi connectivity index (χ1n) is 6.62. The molecular formula is C15H20O5. The van der Waals surface area contributed by atoms with Crippen LogP contribution in [0, 0.1) is 11.3 Å². The van der Waals surface area contributed by atoms with Crippen molar-refractivity contribution >= 4 is 17.9 Å². The van der Waals surface area contributed by atoms with Crippen molar-refractivity contribution in [1.82, 2.24) is 0 Å². The summed E-state index contributed by atoms with van der Waals surface area (Å²) < 4.78 is 0. The number of aliphatic hydroxyl groups excluding tert-OH is 2. The predicted octanol–water partition coefficient (Wildman–Crippen LogP) is 2.42. The number of carbonyl (C=O) groups excluding carboxylic acids is 3. The van der Waals surface area contributed by atoms with E-state index in [4.69, 9.17) is 0 Å². The van der Waals surface area contributed by atoms with Crippen LogP contribution in [0.25, 0.3) is 0 Å². The molecule has 1 aliphatic rings. The van der Waals surface area contributed by atoms with Crippen LogP contribution in [0.2, 0.25) is 0 Å². The van der Waals surface area contributed by atoms with Crippen LogP contribution in [-0.4, -0.2) is 28.1 Å². The molecule has 1 atom stereocenters. The Morgan fingerprint density at radius 1 is 1.15 bits per heavy atom. The number of hydrogen-bond acceptors (Lipinski definition) is 5. The summed E-state index contributed by atoms with van der Waals surface area (Å²) >= 11 is 0. The topological polar surface area (TPSA) is 91.7 Å². The molecule has 0 aromatic heterocycles. The molecule has 2 N–H and O–H groups in total. The third-order valence-electron chi connectivity index (χ3n) is 4.24. The second-order valence-corrected chi connectivity index (χ2v) is 5.08. The van der Waals surface area contributed by atoms with Gasteiger partial charge in [0.25, 0.3) is 0 Å². The van der Waals surface area contributed by atoms with E-state index in [0.29, 0.717) is 19.1 Å². The van der Waals surface area contributed by atoms with Gasteiger partial charge in [0.05, 0.1) is 11.5 Å². The summed E-state index contributed by atoms with van der Waals surface area (Å²) in [4.78, 5) is 34.9. The van der Waals surface area contributed by atoms with Crippen molar-refractivity contribution in [3.05, 3.63) is 22.7 Å². The summed E-state index contributed by atoms with van der Waals surface area (Å²) in [7, 11) is 0. The number of carbonyl (C=O) groups is 3. The predicted molar refractivity (Wildman–Crippen MR) is 73.2 cm³/mol. The average molecular weight is 280 g/mol. The zero-order valence-corrected chi connectivity index (χ0v) is 12.2. The first kappa shape index (κ1) is 16.1. The van der Waals surface area contributed by atoms with Crippen LogP contribution in [0.1, 0.15) is 40.5 Å². The molecule has 5 heteroatoms. The lowest BCUT2D eigenvalue weighted by molar-refractivity contribution is -0.120. The van der Waals surface area contributed by atoms with E-state index in [0.717, 1.165) is 0 Å². The van der Waals surface area contributed by atoms with Crippen molar-refractivity contribution in [3.8, 4) is 0 Å². The van der Waals surface area contributed by atoms with E-state index in [2.05, 4.69) is 0 Å². The van der Waals surface area contributed by atoms with E-state index in [1.807, 2.05) is 0 Å². The van der Waals surface area contributed by atoms with Crippen LogP contribution in [0.3, 0.4) is 0 Å². The van der Waals surface area contributed by atoms with Crippen molar-refractivity contribution in [2.24, 2.45) is 11.3 Å². The maximum absolute atomic E-state index is 11.8. The number of rotatable bonds is 5. The molecule has 5 nitrogen and oxygen atoms in total. The normalized spacial score (nSPS) is 21.9. The molecule has 1 rings (SSSR count). The van der Waals surface area contributed by atoms with Gasteiger partial charge in [-0.3, -0.25) is 9.59 Å². The zero-order chi connectivity index (χ0) is 15.7. The quantitative estimate of drug-likeness (QED) is 0.754. The summed E-state index contributed by atoms with van der Waals surface area (Å²) in [6.45, 7) is 5.98. The summed E-state index contributed by atoms with van der Waals surface area (Å²) in [5, 5.41) is 20.5. The number of allylic oxidation sites excluding steroid dienone is 3. The van der Waals surface area contributed by atoms with E-state index in [1.54, 1.807) is 13.8 Å². The Labute approximate surface area is 118 Å². The molecule has 0 bridgehead atoms. The smallest absolute Gasteiger partial charge is 0.166 e.